The van der Waals surface area contributed by atoms with Gasteiger partial charge in [-0.1, -0.05) is 48.5 Å². The number of ether oxygens (including phenoxy) is 2. The molecule has 0 aromatic heterocycles. The van der Waals surface area contributed by atoms with Crippen LogP contribution in [0.25, 0.3) is 11.1 Å². The van der Waals surface area contributed by atoms with Gasteiger partial charge in [-0.25, -0.2) is 0 Å². The van der Waals surface area contributed by atoms with Gasteiger partial charge in [0, 0.05) is 15.7 Å². The molecule has 1 heterocycles. The zero-order valence-electron chi connectivity index (χ0n) is 13.2. The van der Waals surface area contributed by atoms with E-state index in [1.807, 2.05) is 54.6 Å². The van der Waals surface area contributed by atoms with Crippen molar-refractivity contribution in [1.29, 1.82) is 0 Å². The Kier molecular flexibility index (Phi) is 4.15. The molecule has 0 spiro atoms. The number of amides is 1. The molecule has 0 unspecified atom stereocenters. The highest BCUT2D eigenvalue weighted by molar-refractivity contribution is 9.10. The minimum atomic E-state index is -0.214. The van der Waals surface area contributed by atoms with E-state index in [4.69, 9.17) is 9.47 Å². The van der Waals surface area contributed by atoms with Gasteiger partial charge in [0.05, 0.1) is 5.56 Å². The third-order valence-electron chi connectivity index (χ3n) is 3.97. The molecule has 5 heteroatoms. The van der Waals surface area contributed by atoms with Gasteiger partial charge in [-0.15, -0.1) is 0 Å². The maximum atomic E-state index is 12.8. The van der Waals surface area contributed by atoms with E-state index < -0.39 is 0 Å². The molecule has 25 heavy (non-hydrogen) atoms. The number of para-hydroxylation sites is 1. The highest BCUT2D eigenvalue weighted by atomic mass is 79.9. The van der Waals surface area contributed by atoms with Crippen molar-refractivity contribution in [2.75, 3.05) is 12.1 Å². The van der Waals surface area contributed by atoms with E-state index in [1.165, 1.54) is 0 Å². The van der Waals surface area contributed by atoms with E-state index in [1.54, 1.807) is 12.1 Å². The van der Waals surface area contributed by atoms with Crippen molar-refractivity contribution in [2.24, 2.45) is 0 Å². The Hall–Kier alpha value is -2.79. The highest BCUT2D eigenvalue weighted by Gasteiger charge is 2.20. The summed E-state index contributed by atoms with van der Waals surface area (Å²) in [5, 5.41) is 2.99. The number of hydrogen-bond donors (Lipinski definition) is 1. The first-order valence-electron chi connectivity index (χ1n) is 7.77. The zero-order valence-corrected chi connectivity index (χ0v) is 14.7. The van der Waals surface area contributed by atoms with Crippen LogP contribution in [0.2, 0.25) is 0 Å². The molecule has 1 aliphatic heterocycles. The van der Waals surface area contributed by atoms with Crippen molar-refractivity contribution in [3.05, 3.63) is 76.8 Å². The molecule has 4 nitrogen and oxygen atoms in total. The van der Waals surface area contributed by atoms with Crippen LogP contribution >= 0.6 is 15.9 Å². The van der Waals surface area contributed by atoms with Crippen LogP contribution < -0.4 is 14.8 Å². The van der Waals surface area contributed by atoms with Gasteiger partial charge >= 0.3 is 0 Å². The molecular formula is C20H14BrNO3. The molecule has 0 atom stereocenters. The van der Waals surface area contributed by atoms with Crippen molar-refractivity contribution < 1.29 is 14.3 Å². The fourth-order valence-corrected chi connectivity index (χ4v) is 3.24. The van der Waals surface area contributed by atoms with E-state index >= 15 is 0 Å². The molecule has 1 N–H and O–H groups in total. The SMILES string of the molecule is O=C(Nc1ccccc1-c1ccccc1)c1cc2c(cc1Br)OCO2. The summed E-state index contributed by atoms with van der Waals surface area (Å²) in [5.41, 5.74) is 3.26. The van der Waals surface area contributed by atoms with Crippen LogP contribution in [0.5, 0.6) is 11.5 Å². The van der Waals surface area contributed by atoms with Crippen LogP contribution in [0.3, 0.4) is 0 Å². The van der Waals surface area contributed by atoms with Crippen LogP contribution in [0.4, 0.5) is 5.69 Å². The summed E-state index contributed by atoms with van der Waals surface area (Å²) in [5.74, 6) is 0.992. The monoisotopic (exact) mass is 395 g/mol. The number of carbonyl (C=O) groups excluding carboxylic acids is 1. The lowest BCUT2D eigenvalue weighted by Crippen LogP contribution is -2.13. The summed E-state index contributed by atoms with van der Waals surface area (Å²) in [4.78, 5) is 12.8. The lowest BCUT2D eigenvalue weighted by atomic mass is 10.0. The standard InChI is InChI=1S/C20H14BrNO3/c21-16-11-19-18(24-12-25-19)10-15(16)20(23)22-17-9-5-4-8-14(17)13-6-2-1-3-7-13/h1-11H,12H2,(H,22,23). The Morgan fingerprint density at radius 2 is 1.60 bits per heavy atom. The fraction of sp³-hybridized carbons (Fsp3) is 0.0500. The van der Waals surface area contributed by atoms with Crippen molar-refractivity contribution in [2.45, 2.75) is 0 Å². The predicted molar refractivity (Wildman–Crippen MR) is 100 cm³/mol. The van der Waals surface area contributed by atoms with Gasteiger partial charge in [0.25, 0.3) is 5.91 Å². The summed E-state index contributed by atoms with van der Waals surface area (Å²) in [6.07, 6.45) is 0. The van der Waals surface area contributed by atoms with Gasteiger partial charge in [-0.2, -0.15) is 0 Å². The average Bonchev–Trinajstić information content (AvgIpc) is 3.09. The van der Waals surface area contributed by atoms with E-state index in [-0.39, 0.29) is 12.7 Å². The second-order valence-corrected chi connectivity index (χ2v) is 6.41. The topological polar surface area (TPSA) is 47.6 Å². The fourth-order valence-electron chi connectivity index (χ4n) is 2.74. The molecule has 3 aromatic rings. The van der Waals surface area contributed by atoms with Crippen LogP contribution in [0.1, 0.15) is 10.4 Å². The van der Waals surface area contributed by atoms with Crippen LogP contribution in [0, 0.1) is 0 Å². The number of halogens is 1. The summed E-state index contributed by atoms with van der Waals surface area (Å²) in [6.45, 7) is 0.170. The first-order chi connectivity index (χ1) is 12.2. The number of rotatable bonds is 3. The number of anilines is 1. The minimum absolute atomic E-state index is 0.170. The molecule has 0 saturated heterocycles. The van der Waals surface area contributed by atoms with Gasteiger partial charge in [0.1, 0.15) is 0 Å². The quantitative estimate of drug-likeness (QED) is 0.671. The van der Waals surface area contributed by atoms with Crippen LogP contribution in [-0.4, -0.2) is 12.7 Å². The largest absolute Gasteiger partial charge is 0.454 e. The van der Waals surface area contributed by atoms with E-state index in [0.717, 1.165) is 16.8 Å². The Morgan fingerprint density at radius 1 is 0.920 bits per heavy atom. The Morgan fingerprint density at radius 3 is 2.40 bits per heavy atom. The van der Waals surface area contributed by atoms with E-state index in [2.05, 4.69) is 21.2 Å². The Balaban J connectivity index is 1.67. The van der Waals surface area contributed by atoms with Crippen molar-refractivity contribution >= 4 is 27.5 Å². The second kappa shape index (κ2) is 6.61. The molecule has 3 aromatic carbocycles. The zero-order chi connectivity index (χ0) is 17.2. The molecular weight excluding hydrogens is 382 g/mol. The molecule has 0 aliphatic carbocycles. The number of fused-ring (bicyclic) bond motifs is 1. The third kappa shape index (κ3) is 3.10. The van der Waals surface area contributed by atoms with Gasteiger partial charge < -0.3 is 14.8 Å². The van der Waals surface area contributed by atoms with Gasteiger partial charge in [-0.05, 0) is 39.7 Å². The van der Waals surface area contributed by atoms with Crippen LogP contribution in [0.15, 0.2) is 71.2 Å². The smallest absolute Gasteiger partial charge is 0.256 e. The summed E-state index contributed by atoms with van der Waals surface area (Å²) in [7, 11) is 0. The molecule has 124 valence electrons. The minimum Gasteiger partial charge on any atom is -0.454 e. The second-order valence-electron chi connectivity index (χ2n) is 5.55. The molecule has 0 bridgehead atoms. The molecule has 0 fully saturated rings. The Labute approximate surface area is 153 Å². The first kappa shape index (κ1) is 15.7. The Bertz CT molecular complexity index is 941. The van der Waals surface area contributed by atoms with Gasteiger partial charge in [-0.3, -0.25) is 4.79 Å². The van der Waals surface area contributed by atoms with Crippen LogP contribution in [-0.2, 0) is 0 Å². The lowest BCUT2D eigenvalue weighted by Gasteiger charge is -2.12. The molecule has 1 aliphatic rings. The lowest BCUT2D eigenvalue weighted by molar-refractivity contribution is 0.102. The third-order valence-corrected chi connectivity index (χ3v) is 4.62. The molecule has 0 saturated carbocycles. The van der Waals surface area contributed by atoms with Gasteiger partial charge in [0.15, 0.2) is 11.5 Å². The number of carbonyl (C=O) groups is 1. The predicted octanol–water partition coefficient (Wildman–Crippen LogP) is 5.10. The first-order valence-corrected chi connectivity index (χ1v) is 8.56. The van der Waals surface area contributed by atoms with Crippen molar-refractivity contribution in [1.82, 2.24) is 0 Å². The van der Waals surface area contributed by atoms with Gasteiger partial charge in [0.2, 0.25) is 6.79 Å². The van der Waals surface area contributed by atoms with E-state index in [9.17, 15) is 4.79 Å². The van der Waals surface area contributed by atoms with Crippen molar-refractivity contribution in [3.8, 4) is 22.6 Å². The number of nitrogens with one attached hydrogen (secondary N) is 1. The molecule has 0 radical (unpaired) electrons. The highest BCUT2D eigenvalue weighted by Crippen LogP contribution is 2.37. The summed E-state index contributed by atoms with van der Waals surface area (Å²) >= 11 is 3.43. The number of benzene rings is 3. The average molecular weight is 396 g/mol. The normalized spacial score (nSPS) is 12.0. The molecule has 1 amide bonds. The maximum absolute atomic E-state index is 12.8. The number of hydrogen-bond acceptors (Lipinski definition) is 3. The summed E-state index contributed by atoms with van der Waals surface area (Å²) < 4.78 is 11.3. The van der Waals surface area contributed by atoms with E-state index in [0.29, 0.717) is 21.5 Å². The summed E-state index contributed by atoms with van der Waals surface area (Å²) in [6, 6.07) is 21.1. The van der Waals surface area contributed by atoms with Crippen molar-refractivity contribution in [3.63, 3.8) is 0 Å². The maximum Gasteiger partial charge on any atom is 0.256 e. The molecule has 4 rings (SSSR count).